The van der Waals surface area contributed by atoms with Crippen LogP contribution in [0.25, 0.3) is 12.2 Å². The summed E-state index contributed by atoms with van der Waals surface area (Å²) in [5, 5.41) is 20.7. The molecule has 4 nitrogen and oxygen atoms in total. The molecule has 200 valence electrons. The van der Waals surface area contributed by atoms with E-state index in [1.807, 2.05) is 24.3 Å². The fourth-order valence-electron chi connectivity index (χ4n) is 5.28. The van der Waals surface area contributed by atoms with Crippen molar-refractivity contribution in [2.24, 2.45) is 10.8 Å². The van der Waals surface area contributed by atoms with Crippen LogP contribution in [0.1, 0.15) is 104 Å². The molecule has 0 aromatic heterocycles. The molecule has 8 N–H and O–H groups in total. The molecule has 0 saturated heterocycles. The van der Waals surface area contributed by atoms with Crippen LogP contribution in [0.15, 0.2) is 47.9 Å². The van der Waals surface area contributed by atoms with E-state index in [0.29, 0.717) is 11.1 Å². The van der Waals surface area contributed by atoms with Gasteiger partial charge < -0.3 is 22.5 Å². The molecule has 0 atom stereocenters. The molecule has 0 aliphatic rings. The zero-order chi connectivity index (χ0) is 25.9. The van der Waals surface area contributed by atoms with Gasteiger partial charge in [-0.15, -0.1) is 0 Å². The summed E-state index contributed by atoms with van der Waals surface area (Å²) >= 11 is 0. The van der Waals surface area contributed by atoms with Crippen LogP contribution in [-0.2, 0) is 10.8 Å². The van der Waals surface area contributed by atoms with Crippen molar-refractivity contribution < 1.29 is 10.2 Å². The Bertz CT molecular complexity index is 1030. The van der Waals surface area contributed by atoms with Crippen LogP contribution in [0.5, 0.6) is 11.5 Å². The molecule has 0 spiro atoms. The van der Waals surface area contributed by atoms with E-state index in [1.165, 1.54) is 11.1 Å². The summed E-state index contributed by atoms with van der Waals surface area (Å²) in [6, 6.07) is 11.6. The average Bonchev–Trinajstić information content (AvgIpc) is 2.63. The Morgan fingerprint density at radius 1 is 0.583 bits per heavy atom. The molecule has 2 aromatic carbocycles. The van der Waals surface area contributed by atoms with Gasteiger partial charge in [-0.3, -0.25) is 0 Å². The van der Waals surface area contributed by atoms with Crippen molar-refractivity contribution in [1.82, 2.24) is 12.3 Å². The number of rotatable bonds is 6. The highest BCUT2D eigenvalue weighted by molar-refractivity contribution is 5.61. The lowest BCUT2D eigenvalue weighted by Crippen LogP contribution is -2.24. The molecule has 4 heteroatoms. The summed E-state index contributed by atoms with van der Waals surface area (Å²) < 4.78 is 0. The third-order valence-corrected chi connectivity index (χ3v) is 6.10. The van der Waals surface area contributed by atoms with E-state index < -0.39 is 0 Å². The number of hydrogen-bond donors (Lipinski definition) is 4. The molecule has 0 aliphatic heterocycles. The highest BCUT2D eigenvalue weighted by Gasteiger charge is 2.28. The Balaban J connectivity index is 0.00000612. The van der Waals surface area contributed by atoms with Crippen LogP contribution in [-0.4, -0.2) is 10.2 Å². The second kappa shape index (κ2) is 12.0. The minimum Gasteiger partial charge on any atom is -0.507 e. The van der Waals surface area contributed by atoms with Gasteiger partial charge >= 0.3 is 0 Å². The number of phenols is 2. The van der Waals surface area contributed by atoms with Gasteiger partial charge in [0.25, 0.3) is 0 Å². The number of hydrogen-bond acceptors (Lipinski definition) is 4. The molecule has 2 aromatic rings. The smallest absolute Gasteiger partial charge is 0.123 e. The lowest BCUT2D eigenvalue weighted by atomic mass is 9.72. The summed E-state index contributed by atoms with van der Waals surface area (Å²) in [4.78, 5) is 0. The monoisotopic (exact) mass is 494 g/mol. The molecule has 0 fully saturated rings. The first-order valence-electron chi connectivity index (χ1n) is 12.2. The van der Waals surface area contributed by atoms with E-state index in [0.717, 1.165) is 12.8 Å². The van der Waals surface area contributed by atoms with Gasteiger partial charge in [-0.25, -0.2) is 0 Å². The summed E-state index contributed by atoms with van der Waals surface area (Å²) in [6.45, 7) is 22.5. The minimum absolute atomic E-state index is 0. The molecular weight excluding hydrogens is 444 g/mol. The van der Waals surface area contributed by atoms with E-state index in [-0.39, 0.29) is 45.5 Å². The molecule has 2 rings (SSSR count). The van der Waals surface area contributed by atoms with E-state index in [2.05, 4.69) is 80.7 Å². The number of aromatic hydroxyl groups is 2. The van der Waals surface area contributed by atoms with Gasteiger partial charge in [0, 0.05) is 11.1 Å². The van der Waals surface area contributed by atoms with Crippen LogP contribution in [0.4, 0.5) is 0 Å². The molecule has 0 radical (unpaired) electrons. The number of benzene rings is 2. The second-order valence-corrected chi connectivity index (χ2v) is 13.4. The van der Waals surface area contributed by atoms with Crippen LogP contribution >= 0.6 is 0 Å². The summed E-state index contributed by atoms with van der Waals surface area (Å²) in [5.74, 6) is 0.441. The minimum atomic E-state index is -0.0137. The van der Waals surface area contributed by atoms with E-state index in [1.54, 1.807) is 24.3 Å². The first kappa shape index (κ1) is 33.3. The Morgan fingerprint density at radius 2 is 0.889 bits per heavy atom. The molecule has 0 aliphatic carbocycles. The maximum absolute atomic E-state index is 10.4. The summed E-state index contributed by atoms with van der Waals surface area (Å²) in [6.07, 6.45) is 5.55. The van der Waals surface area contributed by atoms with Gasteiger partial charge in [0.1, 0.15) is 11.5 Å². The summed E-state index contributed by atoms with van der Waals surface area (Å²) in [5.41, 5.74) is 10.3. The Labute approximate surface area is 220 Å². The van der Waals surface area contributed by atoms with Crippen molar-refractivity contribution in [3.05, 3.63) is 70.1 Å². The molecule has 36 heavy (non-hydrogen) atoms. The maximum Gasteiger partial charge on any atom is 0.123 e. The third-order valence-electron chi connectivity index (χ3n) is 6.10. The van der Waals surface area contributed by atoms with Gasteiger partial charge in [-0.05, 0) is 82.0 Å². The normalized spacial score (nSPS) is 11.9. The van der Waals surface area contributed by atoms with Gasteiger partial charge in [-0.2, -0.15) is 0 Å². The van der Waals surface area contributed by atoms with Gasteiger partial charge in [0.05, 0.1) is 0 Å². The Hall–Kier alpha value is -2.74. The lowest BCUT2D eigenvalue weighted by molar-refractivity contribution is 0.283. The predicted molar refractivity (Wildman–Crippen MR) is 156 cm³/mol. The lowest BCUT2D eigenvalue weighted by Gasteiger charge is -2.33. The zero-order valence-electron chi connectivity index (χ0n) is 24.3. The zero-order valence-corrected chi connectivity index (χ0v) is 24.3. The van der Waals surface area contributed by atoms with Crippen molar-refractivity contribution in [3.63, 3.8) is 0 Å². The highest BCUT2D eigenvalue weighted by Crippen LogP contribution is 2.39. The largest absolute Gasteiger partial charge is 0.507 e. The molecule has 0 saturated carbocycles. The van der Waals surface area contributed by atoms with E-state index >= 15 is 0 Å². The van der Waals surface area contributed by atoms with Crippen molar-refractivity contribution >= 4 is 12.2 Å². The van der Waals surface area contributed by atoms with Crippen LogP contribution < -0.4 is 12.3 Å². The van der Waals surface area contributed by atoms with Crippen molar-refractivity contribution in [3.8, 4) is 11.5 Å². The molecule has 0 unspecified atom stereocenters. The van der Waals surface area contributed by atoms with Gasteiger partial charge in [0.15, 0.2) is 0 Å². The van der Waals surface area contributed by atoms with Gasteiger partial charge in [-0.1, -0.05) is 92.8 Å². The topological polar surface area (TPSA) is 110 Å². The maximum atomic E-state index is 10.4. The summed E-state index contributed by atoms with van der Waals surface area (Å²) in [7, 11) is 0. The van der Waals surface area contributed by atoms with E-state index in [4.69, 9.17) is 0 Å². The first-order chi connectivity index (χ1) is 15.4. The Kier molecular flexibility index (Phi) is 11.1. The SMILES string of the molecule is CC(C)(C)CC(C)(C)c1ccc(O)c(C=C=C=Cc2cc(C(C)(C)CC(C)(C)C)ccc2O)c1.N.N. The standard InChI is InChI=1S/C32H44O2.2H3N/c1-29(2,3)21-31(7,8)25-15-17-27(33)23(19-25)13-11-12-14-24-20-26(16-18-28(24)34)32(9,10)22-30(4,5)6;;/h13-20,33-34H,21-22H2,1-10H3;2*1H3. The van der Waals surface area contributed by atoms with Crippen molar-refractivity contribution in [2.45, 2.75) is 92.9 Å². The van der Waals surface area contributed by atoms with Crippen LogP contribution in [0, 0.1) is 10.8 Å². The number of phenolic OH excluding ortho intramolecular Hbond substituents is 2. The molecule has 0 amide bonds. The second-order valence-electron chi connectivity index (χ2n) is 13.4. The fourth-order valence-corrected chi connectivity index (χ4v) is 5.28. The van der Waals surface area contributed by atoms with Gasteiger partial charge in [0.2, 0.25) is 0 Å². The third kappa shape index (κ3) is 9.72. The highest BCUT2D eigenvalue weighted by atomic mass is 16.3. The van der Waals surface area contributed by atoms with Crippen LogP contribution in [0.3, 0.4) is 0 Å². The first-order valence-corrected chi connectivity index (χ1v) is 12.2. The van der Waals surface area contributed by atoms with Crippen molar-refractivity contribution in [1.29, 1.82) is 0 Å². The quantitative estimate of drug-likeness (QED) is 0.300. The molecule has 0 heterocycles. The van der Waals surface area contributed by atoms with E-state index in [9.17, 15) is 10.2 Å². The van der Waals surface area contributed by atoms with Crippen molar-refractivity contribution in [2.75, 3.05) is 0 Å². The molecular formula is C32H50N2O2. The molecule has 0 bridgehead atoms. The van der Waals surface area contributed by atoms with Crippen LogP contribution in [0.2, 0.25) is 0 Å². The Morgan fingerprint density at radius 3 is 1.17 bits per heavy atom. The predicted octanol–water partition coefficient (Wildman–Crippen LogP) is 9.33. The fraction of sp³-hybridized carbons (Fsp3) is 0.500. The average molecular weight is 495 g/mol.